The fraction of sp³-hybridized carbons (Fsp3) is 0.571. The van der Waals surface area contributed by atoms with Crippen LogP contribution in [0.1, 0.15) is 26.7 Å². The van der Waals surface area contributed by atoms with Crippen molar-refractivity contribution in [3.8, 4) is 5.75 Å². The Bertz CT molecular complexity index is 420. The molecule has 1 fully saturated rings. The van der Waals surface area contributed by atoms with E-state index in [1.54, 1.807) is 13.2 Å². The minimum absolute atomic E-state index is 0.108. The van der Waals surface area contributed by atoms with Crippen molar-refractivity contribution in [3.63, 3.8) is 0 Å². The third-order valence-electron chi connectivity index (χ3n) is 3.22. The lowest BCUT2D eigenvalue weighted by Crippen LogP contribution is -2.40. The van der Waals surface area contributed by atoms with Crippen molar-refractivity contribution < 1.29 is 13.9 Å². The van der Waals surface area contributed by atoms with E-state index in [0.29, 0.717) is 11.8 Å². The molecule has 0 aromatic heterocycles. The van der Waals surface area contributed by atoms with Crippen LogP contribution in [0.4, 0.5) is 10.1 Å². The molecule has 100 valence electrons. The molecule has 1 atom stereocenters. The van der Waals surface area contributed by atoms with Gasteiger partial charge in [-0.05, 0) is 38.8 Å². The lowest BCUT2D eigenvalue weighted by molar-refractivity contribution is -0.0553. The topological polar surface area (TPSA) is 30.5 Å². The predicted molar refractivity (Wildman–Crippen MR) is 69.6 cm³/mol. The van der Waals surface area contributed by atoms with Crippen LogP contribution in [0.25, 0.3) is 0 Å². The van der Waals surface area contributed by atoms with E-state index in [4.69, 9.17) is 9.47 Å². The fourth-order valence-electron chi connectivity index (χ4n) is 2.36. The molecule has 4 heteroatoms. The van der Waals surface area contributed by atoms with Gasteiger partial charge in [0.05, 0.1) is 18.4 Å². The molecule has 18 heavy (non-hydrogen) atoms. The second-order valence-electron chi connectivity index (χ2n) is 5.29. The van der Waals surface area contributed by atoms with E-state index in [-0.39, 0.29) is 11.4 Å². The third-order valence-corrected chi connectivity index (χ3v) is 3.22. The average molecular weight is 253 g/mol. The smallest absolute Gasteiger partial charge is 0.144 e. The molecule has 1 aromatic carbocycles. The number of anilines is 1. The quantitative estimate of drug-likeness (QED) is 0.897. The summed E-state index contributed by atoms with van der Waals surface area (Å²) in [6, 6.07) is 4.88. The summed E-state index contributed by atoms with van der Waals surface area (Å²) in [5.74, 6) is 0.254. The molecular weight excluding hydrogens is 233 g/mol. The molecule has 3 nitrogen and oxygen atoms in total. The monoisotopic (exact) mass is 253 g/mol. The highest BCUT2D eigenvalue weighted by Gasteiger charge is 2.29. The van der Waals surface area contributed by atoms with Crippen LogP contribution in [0.2, 0.25) is 0 Å². The van der Waals surface area contributed by atoms with Gasteiger partial charge in [-0.1, -0.05) is 0 Å². The molecule has 1 aromatic rings. The lowest BCUT2D eigenvalue weighted by atomic mass is 9.94. The van der Waals surface area contributed by atoms with Crippen molar-refractivity contribution in [1.29, 1.82) is 0 Å². The standard InChI is InChI=1S/C14H20FNO2/c1-14(2)9-11(6-7-18-14)16-12-5-4-10(15)8-13(12)17-3/h4-5,8,11,16H,6-7,9H2,1-3H3. The zero-order valence-corrected chi connectivity index (χ0v) is 11.1. The molecule has 1 aliphatic rings. The molecule has 1 unspecified atom stereocenters. The molecule has 0 aliphatic carbocycles. The molecule has 2 rings (SSSR count). The van der Waals surface area contributed by atoms with Crippen molar-refractivity contribution in [2.75, 3.05) is 19.0 Å². The van der Waals surface area contributed by atoms with Gasteiger partial charge in [-0.3, -0.25) is 0 Å². The van der Waals surface area contributed by atoms with Gasteiger partial charge in [0, 0.05) is 18.7 Å². The maximum Gasteiger partial charge on any atom is 0.144 e. The maximum absolute atomic E-state index is 13.1. The molecule has 1 saturated heterocycles. The van der Waals surface area contributed by atoms with E-state index in [1.807, 2.05) is 0 Å². The van der Waals surface area contributed by atoms with Crippen LogP contribution in [0.5, 0.6) is 5.75 Å². The number of hydrogen-bond donors (Lipinski definition) is 1. The van der Waals surface area contributed by atoms with E-state index in [9.17, 15) is 4.39 Å². The van der Waals surface area contributed by atoms with E-state index in [0.717, 1.165) is 25.1 Å². The Morgan fingerprint density at radius 3 is 2.89 bits per heavy atom. The van der Waals surface area contributed by atoms with Crippen molar-refractivity contribution in [2.24, 2.45) is 0 Å². The number of ether oxygens (including phenoxy) is 2. The highest BCUT2D eigenvalue weighted by molar-refractivity contribution is 5.57. The van der Waals surface area contributed by atoms with Gasteiger partial charge >= 0.3 is 0 Å². The summed E-state index contributed by atoms with van der Waals surface area (Å²) in [6.45, 7) is 4.92. The molecule has 1 heterocycles. The molecule has 0 spiro atoms. The van der Waals surface area contributed by atoms with Gasteiger partial charge in [-0.2, -0.15) is 0 Å². The van der Waals surface area contributed by atoms with Crippen molar-refractivity contribution >= 4 is 5.69 Å². The van der Waals surface area contributed by atoms with E-state index >= 15 is 0 Å². The van der Waals surface area contributed by atoms with Crippen LogP contribution < -0.4 is 10.1 Å². The first-order chi connectivity index (χ1) is 8.50. The van der Waals surface area contributed by atoms with E-state index in [1.165, 1.54) is 12.1 Å². The van der Waals surface area contributed by atoms with Crippen molar-refractivity contribution in [2.45, 2.75) is 38.3 Å². The largest absolute Gasteiger partial charge is 0.494 e. The lowest BCUT2D eigenvalue weighted by Gasteiger charge is -2.36. The number of benzene rings is 1. The number of rotatable bonds is 3. The Balaban J connectivity index is 2.09. The van der Waals surface area contributed by atoms with Gasteiger partial charge in [0.25, 0.3) is 0 Å². The fourth-order valence-corrected chi connectivity index (χ4v) is 2.36. The highest BCUT2D eigenvalue weighted by atomic mass is 19.1. The van der Waals surface area contributed by atoms with Gasteiger partial charge in [0.1, 0.15) is 11.6 Å². The van der Waals surface area contributed by atoms with Gasteiger partial charge in [0.2, 0.25) is 0 Å². The first-order valence-electron chi connectivity index (χ1n) is 6.24. The predicted octanol–water partition coefficient (Wildman–Crippen LogP) is 3.20. The molecular formula is C14H20FNO2. The van der Waals surface area contributed by atoms with Crippen LogP contribution in [0.3, 0.4) is 0 Å². The summed E-state index contributed by atoms with van der Waals surface area (Å²) in [7, 11) is 1.55. The van der Waals surface area contributed by atoms with Crippen molar-refractivity contribution in [3.05, 3.63) is 24.0 Å². The first-order valence-corrected chi connectivity index (χ1v) is 6.24. The van der Waals surface area contributed by atoms with E-state index in [2.05, 4.69) is 19.2 Å². The second-order valence-corrected chi connectivity index (χ2v) is 5.29. The summed E-state index contributed by atoms with van der Waals surface area (Å²) in [4.78, 5) is 0. The minimum atomic E-state index is -0.287. The Hall–Kier alpha value is -1.29. The summed E-state index contributed by atoms with van der Waals surface area (Å²) in [5, 5.41) is 3.41. The Morgan fingerprint density at radius 2 is 2.22 bits per heavy atom. The first kappa shape index (κ1) is 13.1. The highest BCUT2D eigenvalue weighted by Crippen LogP contribution is 2.30. The summed E-state index contributed by atoms with van der Waals surface area (Å²) in [5.41, 5.74) is 0.727. The van der Waals surface area contributed by atoms with Crippen LogP contribution in [-0.4, -0.2) is 25.4 Å². The number of hydrogen-bond acceptors (Lipinski definition) is 3. The minimum Gasteiger partial charge on any atom is -0.494 e. The zero-order valence-electron chi connectivity index (χ0n) is 11.1. The molecule has 0 amide bonds. The Morgan fingerprint density at radius 1 is 1.44 bits per heavy atom. The zero-order chi connectivity index (χ0) is 13.2. The Labute approximate surface area is 107 Å². The molecule has 0 bridgehead atoms. The van der Waals surface area contributed by atoms with Gasteiger partial charge in [-0.15, -0.1) is 0 Å². The van der Waals surface area contributed by atoms with E-state index < -0.39 is 0 Å². The van der Waals surface area contributed by atoms with Gasteiger partial charge in [-0.25, -0.2) is 4.39 Å². The molecule has 0 saturated carbocycles. The summed E-state index contributed by atoms with van der Waals surface area (Å²) in [6.07, 6.45) is 1.87. The normalized spacial score (nSPS) is 22.6. The third kappa shape index (κ3) is 3.13. The maximum atomic E-state index is 13.1. The average Bonchev–Trinajstić information content (AvgIpc) is 2.30. The molecule has 1 N–H and O–H groups in total. The Kier molecular flexibility index (Phi) is 3.76. The summed E-state index contributed by atoms with van der Waals surface area (Å²) < 4.78 is 24.0. The van der Waals surface area contributed by atoms with Crippen LogP contribution in [0, 0.1) is 5.82 Å². The van der Waals surface area contributed by atoms with Gasteiger partial charge < -0.3 is 14.8 Å². The molecule has 1 aliphatic heterocycles. The number of halogens is 1. The SMILES string of the molecule is COc1cc(F)ccc1NC1CCOC(C)(C)C1. The number of nitrogens with one attached hydrogen (secondary N) is 1. The number of methoxy groups -OCH3 is 1. The van der Waals surface area contributed by atoms with Crippen molar-refractivity contribution in [1.82, 2.24) is 0 Å². The van der Waals surface area contributed by atoms with Crippen LogP contribution in [0.15, 0.2) is 18.2 Å². The van der Waals surface area contributed by atoms with Crippen LogP contribution >= 0.6 is 0 Å². The second kappa shape index (κ2) is 5.14. The molecule has 0 radical (unpaired) electrons. The summed E-state index contributed by atoms with van der Waals surface area (Å²) >= 11 is 0. The van der Waals surface area contributed by atoms with Crippen LogP contribution in [-0.2, 0) is 4.74 Å². The van der Waals surface area contributed by atoms with Gasteiger partial charge in [0.15, 0.2) is 0 Å².